The molecule has 0 saturated heterocycles. The van der Waals surface area contributed by atoms with Crippen molar-refractivity contribution in [3.63, 3.8) is 0 Å². The van der Waals surface area contributed by atoms with Gasteiger partial charge >= 0.3 is 5.97 Å². The minimum absolute atomic E-state index is 0.00215. The molecule has 2 aromatic rings. The number of hydrogen-bond acceptors (Lipinski definition) is 7. The molecule has 0 bridgehead atoms. The zero-order chi connectivity index (χ0) is 16.8. The third-order valence-electron chi connectivity index (χ3n) is 3.87. The summed E-state index contributed by atoms with van der Waals surface area (Å²) in [6, 6.07) is -0.922. The van der Waals surface area contributed by atoms with Crippen LogP contribution in [-0.4, -0.2) is 54.3 Å². The Bertz CT molecular complexity index is 844. The second-order valence-electron chi connectivity index (χ2n) is 5.27. The molecule has 2 amide bonds. The van der Waals surface area contributed by atoms with Gasteiger partial charge in [-0.15, -0.1) is 11.3 Å². The summed E-state index contributed by atoms with van der Waals surface area (Å²) in [6.07, 6.45) is 3.29. The van der Waals surface area contributed by atoms with E-state index < -0.39 is 17.9 Å². The van der Waals surface area contributed by atoms with E-state index in [1.807, 2.05) is 0 Å². The average molecular weight is 348 g/mol. The maximum atomic E-state index is 12.5. The number of carbonyl (C=O) groups is 3. The molecule has 0 unspecified atom stereocenters. The third kappa shape index (κ3) is 2.07. The van der Waals surface area contributed by atoms with Crippen LogP contribution in [0.25, 0.3) is 10.4 Å². The molecule has 0 saturated carbocycles. The summed E-state index contributed by atoms with van der Waals surface area (Å²) in [5, 5.41) is 9.22. The van der Waals surface area contributed by atoms with Crippen molar-refractivity contribution in [3.8, 4) is 16.2 Å². The number of anilines is 1. The molecule has 2 aromatic heterocycles. The molecule has 10 heteroatoms. The van der Waals surface area contributed by atoms with E-state index in [4.69, 9.17) is 9.47 Å². The molecule has 9 nitrogen and oxygen atoms in total. The van der Waals surface area contributed by atoms with E-state index >= 15 is 0 Å². The molecule has 4 rings (SSSR count). The number of carbonyl (C=O) groups excluding carboxylic acids is 3. The van der Waals surface area contributed by atoms with Crippen molar-refractivity contribution in [2.45, 2.75) is 6.04 Å². The van der Waals surface area contributed by atoms with Crippen LogP contribution in [0.5, 0.6) is 5.75 Å². The minimum Gasteiger partial charge on any atom is -0.480 e. The predicted molar refractivity (Wildman–Crippen MR) is 83.0 cm³/mol. The normalized spacial score (nSPS) is 19.2. The van der Waals surface area contributed by atoms with E-state index in [9.17, 15) is 14.4 Å². The Labute approximate surface area is 139 Å². The predicted octanol–water partition coefficient (Wildman–Crippen LogP) is 0.149. The lowest BCUT2D eigenvalue weighted by Gasteiger charge is -2.28. The first-order chi connectivity index (χ1) is 11.6. The average Bonchev–Trinajstić information content (AvgIpc) is 3.19. The van der Waals surface area contributed by atoms with Crippen LogP contribution < -0.4 is 15.0 Å². The van der Waals surface area contributed by atoms with Crippen molar-refractivity contribution in [2.24, 2.45) is 0 Å². The summed E-state index contributed by atoms with van der Waals surface area (Å²) in [7, 11) is 1.23. The quantitative estimate of drug-likeness (QED) is 0.747. The molecule has 1 atom stereocenters. The van der Waals surface area contributed by atoms with E-state index in [2.05, 4.69) is 15.5 Å². The maximum Gasteiger partial charge on any atom is 0.330 e. The summed E-state index contributed by atoms with van der Waals surface area (Å²) < 4.78 is 10.3. The van der Waals surface area contributed by atoms with Gasteiger partial charge in [-0.1, -0.05) is 0 Å². The largest absolute Gasteiger partial charge is 0.480 e. The van der Waals surface area contributed by atoms with Gasteiger partial charge in [0.05, 0.1) is 24.7 Å². The summed E-state index contributed by atoms with van der Waals surface area (Å²) in [6.45, 7) is -0.154. The molecule has 0 radical (unpaired) electrons. The van der Waals surface area contributed by atoms with Gasteiger partial charge in [-0.3, -0.25) is 14.7 Å². The number of esters is 1. The number of aromatic amines is 1. The van der Waals surface area contributed by atoms with Crippen LogP contribution in [0.2, 0.25) is 0 Å². The number of hydrogen-bond donors (Lipinski definition) is 2. The molecule has 4 heterocycles. The summed E-state index contributed by atoms with van der Waals surface area (Å²) in [5.74, 6) is -0.904. The Hall–Kier alpha value is -2.88. The van der Waals surface area contributed by atoms with Gasteiger partial charge in [0.2, 0.25) is 0 Å². The second-order valence-corrected chi connectivity index (χ2v) is 6.29. The number of ether oxygens (including phenoxy) is 2. The van der Waals surface area contributed by atoms with E-state index in [-0.39, 0.29) is 19.1 Å². The van der Waals surface area contributed by atoms with Crippen LogP contribution in [0.3, 0.4) is 0 Å². The van der Waals surface area contributed by atoms with Gasteiger partial charge in [-0.2, -0.15) is 5.10 Å². The molecule has 2 aliphatic rings. The van der Waals surface area contributed by atoms with Gasteiger partial charge in [0.15, 0.2) is 12.4 Å². The fourth-order valence-electron chi connectivity index (χ4n) is 2.76. The molecule has 0 aliphatic carbocycles. The Morgan fingerprint density at radius 1 is 1.46 bits per heavy atom. The number of rotatable bonds is 2. The van der Waals surface area contributed by atoms with Gasteiger partial charge < -0.3 is 19.7 Å². The molecular weight excluding hydrogens is 336 g/mol. The Kier molecular flexibility index (Phi) is 3.27. The van der Waals surface area contributed by atoms with E-state index in [0.717, 1.165) is 5.56 Å². The second kappa shape index (κ2) is 5.34. The summed E-state index contributed by atoms with van der Waals surface area (Å²) in [4.78, 5) is 39.1. The van der Waals surface area contributed by atoms with Gasteiger partial charge in [0, 0.05) is 11.8 Å². The lowest BCUT2D eigenvalue weighted by molar-refractivity contribution is -0.142. The molecule has 2 N–H and O–H groups in total. The molecule has 2 aliphatic heterocycles. The van der Waals surface area contributed by atoms with E-state index in [1.165, 1.54) is 23.3 Å². The topological polar surface area (TPSA) is 114 Å². The number of aromatic nitrogens is 2. The number of methoxy groups -OCH3 is 1. The van der Waals surface area contributed by atoms with Crippen molar-refractivity contribution in [3.05, 3.63) is 17.3 Å². The molecular formula is C14H12N4O5S. The Balaban J connectivity index is 1.86. The fraction of sp³-hybridized carbons (Fsp3) is 0.286. The molecule has 24 heavy (non-hydrogen) atoms. The first-order valence-corrected chi connectivity index (χ1v) is 7.89. The molecule has 0 fully saturated rings. The lowest BCUT2D eigenvalue weighted by Crippen LogP contribution is -2.49. The highest BCUT2D eigenvalue weighted by Crippen LogP contribution is 2.50. The lowest BCUT2D eigenvalue weighted by atomic mass is 10.2. The SMILES string of the molecule is COC(=O)[C@@H]1CN2C(=O)COc3c(-c4cn[nH]c4)sc(c32)C(=O)N1. The van der Waals surface area contributed by atoms with Crippen molar-refractivity contribution in [1.29, 1.82) is 0 Å². The van der Waals surface area contributed by atoms with Crippen molar-refractivity contribution < 1.29 is 23.9 Å². The van der Waals surface area contributed by atoms with Crippen molar-refractivity contribution in [1.82, 2.24) is 15.5 Å². The number of nitrogens with zero attached hydrogens (tertiary/aromatic N) is 2. The van der Waals surface area contributed by atoms with Crippen LogP contribution >= 0.6 is 11.3 Å². The first kappa shape index (κ1) is 14.7. The molecule has 124 valence electrons. The van der Waals surface area contributed by atoms with Gasteiger partial charge in [0.1, 0.15) is 16.6 Å². The smallest absolute Gasteiger partial charge is 0.330 e. The summed E-state index contributed by atoms with van der Waals surface area (Å²) in [5.41, 5.74) is 1.16. The van der Waals surface area contributed by atoms with Crippen LogP contribution in [0, 0.1) is 0 Å². The van der Waals surface area contributed by atoms with Gasteiger partial charge in [-0.25, -0.2) is 4.79 Å². The van der Waals surface area contributed by atoms with Crippen LogP contribution in [-0.2, 0) is 14.3 Å². The summed E-state index contributed by atoms with van der Waals surface area (Å²) >= 11 is 1.19. The third-order valence-corrected chi connectivity index (χ3v) is 5.08. The van der Waals surface area contributed by atoms with Crippen LogP contribution in [0.15, 0.2) is 12.4 Å². The fourth-order valence-corrected chi connectivity index (χ4v) is 3.90. The Morgan fingerprint density at radius 3 is 3.00 bits per heavy atom. The minimum atomic E-state index is -0.922. The highest BCUT2D eigenvalue weighted by Gasteiger charge is 2.41. The number of amides is 2. The first-order valence-electron chi connectivity index (χ1n) is 7.08. The number of nitrogens with one attached hydrogen (secondary N) is 2. The van der Waals surface area contributed by atoms with Gasteiger partial charge in [-0.05, 0) is 0 Å². The van der Waals surface area contributed by atoms with Crippen molar-refractivity contribution >= 4 is 34.8 Å². The molecule has 0 spiro atoms. The highest BCUT2D eigenvalue weighted by atomic mass is 32.1. The zero-order valence-corrected chi connectivity index (χ0v) is 13.3. The van der Waals surface area contributed by atoms with E-state index in [0.29, 0.717) is 21.2 Å². The van der Waals surface area contributed by atoms with Gasteiger partial charge in [0.25, 0.3) is 11.8 Å². The van der Waals surface area contributed by atoms with Crippen LogP contribution in [0.4, 0.5) is 5.69 Å². The highest BCUT2D eigenvalue weighted by molar-refractivity contribution is 7.18. The standard InChI is InChI=1S/C14H12N4O5S/c1-22-14(21)7-4-18-8(19)5-23-10-9(18)12(13(20)17-7)24-11(10)6-2-15-16-3-6/h2-3,7H,4-5H2,1H3,(H,15,16)(H,17,20)/t7-/m0/s1. The number of thiophene rings is 1. The maximum absolute atomic E-state index is 12.5. The van der Waals surface area contributed by atoms with E-state index in [1.54, 1.807) is 12.4 Å². The van der Waals surface area contributed by atoms with Crippen molar-refractivity contribution in [2.75, 3.05) is 25.2 Å². The Morgan fingerprint density at radius 2 is 2.29 bits per heavy atom. The number of H-pyrrole nitrogens is 1. The molecule has 0 aromatic carbocycles. The monoisotopic (exact) mass is 348 g/mol. The van der Waals surface area contributed by atoms with Crippen LogP contribution in [0.1, 0.15) is 9.67 Å². The zero-order valence-electron chi connectivity index (χ0n) is 12.5.